The van der Waals surface area contributed by atoms with Crippen molar-refractivity contribution in [3.8, 4) is 0 Å². The van der Waals surface area contributed by atoms with Crippen LogP contribution in [0.4, 0.5) is 0 Å². The molecule has 1 aliphatic heterocycles. The van der Waals surface area contributed by atoms with E-state index in [0.29, 0.717) is 12.0 Å². The molecule has 1 saturated heterocycles. The first kappa shape index (κ1) is 14.6. The molecule has 21 heavy (non-hydrogen) atoms. The lowest BCUT2D eigenvalue weighted by atomic mass is 9.94. The van der Waals surface area contributed by atoms with Gasteiger partial charge in [0.05, 0.1) is 6.54 Å². The van der Waals surface area contributed by atoms with Gasteiger partial charge in [-0.3, -0.25) is 0 Å². The van der Waals surface area contributed by atoms with E-state index in [1.165, 1.54) is 12.0 Å². The van der Waals surface area contributed by atoms with Gasteiger partial charge in [-0.1, -0.05) is 30.3 Å². The van der Waals surface area contributed by atoms with Crippen LogP contribution in [0, 0.1) is 12.8 Å². The van der Waals surface area contributed by atoms with Crippen LogP contribution >= 0.6 is 11.3 Å². The third-order valence-corrected chi connectivity index (χ3v) is 4.70. The lowest BCUT2D eigenvalue weighted by Crippen LogP contribution is -2.23. The van der Waals surface area contributed by atoms with E-state index >= 15 is 0 Å². The van der Waals surface area contributed by atoms with E-state index < -0.39 is 0 Å². The van der Waals surface area contributed by atoms with E-state index in [9.17, 15) is 0 Å². The summed E-state index contributed by atoms with van der Waals surface area (Å²) < 4.78 is 5.51. The van der Waals surface area contributed by atoms with Gasteiger partial charge in [-0.2, -0.15) is 0 Å². The molecule has 1 fully saturated rings. The Labute approximate surface area is 129 Å². The van der Waals surface area contributed by atoms with E-state index in [4.69, 9.17) is 4.74 Å². The SMILES string of the molecule is Cc1nnc(CN[C@H](C[C@H]2CCOC2)c2ccccc2)s1. The monoisotopic (exact) mass is 303 g/mol. The molecule has 0 aliphatic carbocycles. The standard InChI is InChI=1S/C16H21N3OS/c1-12-18-19-16(21-12)10-17-15(9-13-7-8-20-11-13)14-5-3-2-4-6-14/h2-6,13,15,17H,7-11H2,1H3/t13-,15-/m1/s1. The average molecular weight is 303 g/mol. The van der Waals surface area contributed by atoms with Crippen LogP contribution in [0.5, 0.6) is 0 Å². The molecule has 0 spiro atoms. The molecular formula is C16H21N3OS. The highest BCUT2D eigenvalue weighted by molar-refractivity contribution is 7.11. The highest BCUT2D eigenvalue weighted by Crippen LogP contribution is 2.27. The van der Waals surface area contributed by atoms with Crippen molar-refractivity contribution in [3.05, 3.63) is 45.9 Å². The first-order valence-electron chi connectivity index (χ1n) is 7.46. The molecule has 0 bridgehead atoms. The molecule has 2 aromatic rings. The van der Waals surface area contributed by atoms with Gasteiger partial charge in [0.15, 0.2) is 0 Å². The van der Waals surface area contributed by atoms with Crippen molar-refractivity contribution in [2.24, 2.45) is 5.92 Å². The number of aryl methyl sites for hydroxylation is 1. The fourth-order valence-electron chi connectivity index (χ4n) is 2.74. The summed E-state index contributed by atoms with van der Waals surface area (Å²) in [4.78, 5) is 0. The van der Waals surface area contributed by atoms with E-state index in [1.807, 2.05) is 6.92 Å². The summed E-state index contributed by atoms with van der Waals surface area (Å²) in [7, 11) is 0. The molecule has 0 saturated carbocycles. The van der Waals surface area contributed by atoms with Gasteiger partial charge in [0, 0.05) is 19.3 Å². The topological polar surface area (TPSA) is 47.0 Å². The van der Waals surface area contributed by atoms with Gasteiger partial charge in [-0.05, 0) is 31.2 Å². The van der Waals surface area contributed by atoms with Gasteiger partial charge in [-0.15, -0.1) is 21.5 Å². The van der Waals surface area contributed by atoms with Gasteiger partial charge in [-0.25, -0.2) is 0 Å². The Morgan fingerprint density at radius 3 is 2.86 bits per heavy atom. The predicted octanol–water partition coefficient (Wildman–Crippen LogP) is 3.10. The highest BCUT2D eigenvalue weighted by Gasteiger charge is 2.21. The van der Waals surface area contributed by atoms with E-state index in [-0.39, 0.29) is 0 Å². The smallest absolute Gasteiger partial charge is 0.131 e. The second-order valence-corrected chi connectivity index (χ2v) is 6.79. The number of aromatic nitrogens is 2. The summed E-state index contributed by atoms with van der Waals surface area (Å²) in [5.74, 6) is 0.652. The third kappa shape index (κ3) is 4.09. The van der Waals surface area contributed by atoms with Crippen molar-refractivity contribution >= 4 is 11.3 Å². The molecule has 1 N–H and O–H groups in total. The number of hydrogen-bond donors (Lipinski definition) is 1. The molecule has 3 rings (SSSR count). The Bertz CT molecular complexity index is 552. The summed E-state index contributed by atoms with van der Waals surface area (Å²) in [6, 6.07) is 11.0. The number of benzene rings is 1. The Hall–Kier alpha value is -1.30. The van der Waals surface area contributed by atoms with Crippen LogP contribution in [0.3, 0.4) is 0 Å². The maximum atomic E-state index is 5.51. The quantitative estimate of drug-likeness (QED) is 0.891. The fourth-order valence-corrected chi connectivity index (χ4v) is 3.40. The third-order valence-electron chi connectivity index (χ3n) is 3.86. The minimum atomic E-state index is 0.349. The number of ether oxygens (including phenoxy) is 1. The number of nitrogens with one attached hydrogen (secondary N) is 1. The van der Waals surface area contributed by atoms with Crippen LogP contribution < -0.4 is 5.32 Å². The van der Waals surface area contributed by atoms with Gasteiger partial charge in [0.2, 0.25) is 0 Å². The molecule has 5 heteroatoms. The van der Waals surface area contributed by atoms with Crippen molar-refractivity contribution in [2.75, 3.05) is 13.2 Å². The number of rotatable bonds is 6. The first-order chi connectivity index (χ1) is 10.3. The molecule has 112 valence electrons. The Morgan fingerprint density at radius 2 is 2.19 bits per heavy atom. The molecule has 0 radical (unpaired) electrons. The molecule has 0 unspecified atom stereocenters. The predicted molar refractivity (Wildman–Crippen MR) is 84.2 cm³/mol. The molecule has 4 nitrogen and oxygen atoms in total. The normalized spacial score (nSPS) is 19.8. The van der Waals surface area contributed by atoms with Crippen LogP contribution in [-0.2, 0) is 11.3 Å². The van der Waals surface area contributed by atoms with Crippen LogP contribution in [0.1, 0.15) is 34.5 Å². The minimum Gasteiger partial charge on any atom is -0.381 e. The van der Waals surface area contributed by atoms with Crippen molar-refractivity contribution in [2.45, 2.75) is 32.4 Å². The zero-order valence-corrected chi connectivity index (χ0v) is 13.1. The molecule has 0 amide bonds. The lowest BCUT2D eigenvalue weighted by Gasteiger charge is -2.21. The second-order valence-electron chi connectivity index (χ2n) is 5.52. The largest absolute Gasteiger partial charge is 0.381 e. The van der Waals surface area contributed by atoms with Crippen LogP contribution in [0.25, 0.3) is 0 Å². The number of hydrogen-bond acceptors (Lipinski definition) is 5. The maximum absolute atomic E-state index is 5.51. The van der Waals surface area contributed by atoms with Gasteiger partial charge >= 0.3 is 0 Å². The first-order valence-corrected chi connectivity index (χ1v) is 8.28. The highest BCUT2D eigenvalue weighted by atomic mass is 32.1. The van der Waals surface area contributed by atoms with Crippen LogP contribution in [0.15, 0.2) is 30.3 Å². The molecule has 2 atom stereocenters. The van der Waals surface area contributed by atoms with Gasteiger partial charge in [0.25, 0.3) is 0 Å². The van der Waals surface area contributed by atoms with Gasteiger partial charge < -0.3 is 10.1 Å². The summed E-state index contributed by atoms with van der Waals surface area (Å²) in [5.41, 5.74) is 1.34. The summed E-state index contributed by atoms with van der Waals surface area (Å²) in [5, 5.41) is 14.0. The van der Waals surface area contributed by atoms with Crippen molar-refractivity contribution in [1.82, 2.24) is 15.5 Å². The van der Waals surface area contributed by atoms with Crippen molar-refractivity contribution < 1.29 is 4.74 Å². The van der Waals surface area contributed by atoms with E-state index in [1.54, 1.807) is 11.3 Å². The molecule has 1 aromatic carbocycles. The molecule has 1 aromatic heterocycles. The second kappa shape index (κ2) is 7.11. The summed E-state index contributed by atoms with van der Waals surface area (Å²) >= 11 is 1.66. The maximum Gasteiger partial charge on any atom is 0.131 e. The lowest BCUT2D eigenvalue weighted by molar-refractivity contribution is 0.181. The van der Waals surface area contributed by atoms with Crippen LogP contribution in [-0.4, -0.2) is 23.4 Å². The zero-order chi connectivity index (χ0) is 14.5. The Kier molecular flexibility index (Phi) is 4.95. The van der Waals surface area contributed by atoms with E-state index in [2.05, 4.69) is 45.8 Å². The van der Waals surface area contributed by atoms with Crippen molar-refractivity contribution in [3.63, 3.8) is 0 Å². The minimum absolute atomic E-state index is 0.349. The fraction of sp³-hybridized carbons (Fsp3) is 0.500. The molecule has 2 heterocycles. The van der Waals surface area contributed by atoms with E-state index in [0.717, 1.165) is 36.2 Å². The summed E-state index contributed by atoms with van der Waals surface area (Å²) in [6.07, 6.45) is 2.28. The molecule has 1 aliphatic rings. The number of nitrogens with zero attached hydrogens (tertiary/aromatic N) is 2. The van der Waals surface area contributed by atoms with Crippen LogP contribution in [0.2, 0.25) is 0 Å². The van der Waals surface area contributed by atoms with Gasteiger partial charge in [0.1, 0.15) is 10.0 Å². The average Bonchev–Trinajstić information content (AvgIpc) is 3.16. The summed E-state index contributed by atoms with van der Waals surface area (Å²) in [6.45, 7) is 4.56. The Balaban J connectivity index is 1.66. The Morgan fingerprint density at radius 1 is 1.33 bits per heavy atom. The zero-order valence-electron chi connectivity index (χ0n) is 12.3. The van der Waals surface area contributed by atoms with Crippen molar-refractivity contribution in [1.29, 1.82) is 0 Å². The molecular weight excluding hydrogens is 282 g/mol.